The molecule has 0 aromatic heterocycles. The topological polar surface area (TPSA) is 41.5 Å². The molecule has 2 atom stereocenters. The fraction of sp³-hybridized carbons (Fsp3) is 1.00. The number of aliphatic hydroxyl groups excluding tert-OH is 1. The molecular weight excluding hydrogens is 130 g/mol. The van der Waals surface area contributed by atoms with Crippen molar-refractivity contribution in [2.75, 3.05) is 20.3 Å². The van der Waals surface area contributed by atoms with Crippen LogP contribution < -0.4 is 5.32 Å². The molecule has 0 radical (unpaired) electrons. The number of rotatable bonds is 5. The summed E-state index contributed by atoms with van der Waals surface area (Å²) in [5.41, 5.74) is 0. The van der Waals surface area contributed by atoms with Crippen molar-refractivity contribution in [1.82, 2.24) is 5.32 Å². The zero-order chi connectivity index (χ0) is 7.98. The van der Waals surface area contributed by atoms with E-state index in [0.29, 0.717) is 19.2 Å². The molecule has 0 aliphatic carbocycles. The molecule has 0 heterocycles. The molecule has 0 aromatic rings. The van der Waals surface area contributed by atoms with Gasteiger partial charge in [0.25, 0.3) is 0 Å². The highest BCUT2D eigenvalue weighted by Gasteiger charge is 2.00. The van der Waals surface area contributed by atoms with Crippen LogP contribution in [0.25, 0.3) is 0 Å². The first-order valence-electron chi connectivity index (χ1n) is 3.57. The summed E-state index contributed by atoms with van der Waals surface area (Å²) in [6, 6.07) is 0.319. The monoisotopic (exact) mass is 147 g/mol. The third kappa shape index (κ3) is 6.01. The highest BCUT2D eigenvalue weighted by atomic mass is 16.5. The number of hydrogen-bond acceptors (Lipinski definition) is 3. The Hall–Kier alpha value is -0.120. The van der Waals surface area contributed by atoms with Crippen LogP contribution in [0.4, 0.5) is 0 Å². The zero-order valence-corrected chi connectivity index (χ0v) is 6.92. The largest absolute Gasteiger partial charge is 0.392 e. The maximum absolute atomic E-state index is 8.87. The minimum Gasteiger partial charge on any atom is -0.392 e. The molecular formula is C7H17NO2. The van der Waals surface area contributed by atoms with Crippen LogP contribution in [-0.4, -0.2) is 37.5 Å². The maximum Gasteiger partial charge on any atom is 0.0636 e. The van der Waals surface area contributed by atoms with Gasteiger partial charge < -0.3 is 15.2 Å². The van der Waals surface area contributed by atoms with Crippen LogP contribution in [0.15, 0.2) is 0 Å². The van der Waals surface area contributed by atoms with Crippen LogP contribution in [0, 0.1) is 0 Å². The first kappa shape index (κ1) is 9.88. The summed E-state index contributed by atoms with van der Waals surface area (Å²) in [7, 11) is 1.67. The van der Waals surface area contributed by atoms with Crippen LogP contribution >= 0.6 is 0 Å². The fourth-order valence-electron chi connectivity index (χ4n) is 0.681. The fourth-order valence-corrected chi connectivity index (χ4v) is 0.681. The van der Waals surface area contributed by atoms with Crippen LogP contribution in [-0.2, 0) is 4.74 Å². The van der Waals surface area contributed by atoms with Crippen LogP contribution in [0.5, 0.6) is 0 Å². The summed E-state index contributed by atoms with van der Waals surface area (Å²) >= 11 is 0. The molecule has 0 aliphatic rings. The van der Waals surface area contributed by atoms with E-state index in [9.17, 15) is 0 Å². The Balaban J connectivity index is 3.12. The van der Waals surface area contributed by atoms with Crippen molar-refractivity contribution >= 4 is 0 Å². The molecule has 0 amide bonds. The van der Waals surface area contributed by atoms with Gasteiger partial charge in [0.2, 0.25) is 0 Å². The molecule has 0 aliphatic heterocycles. The molecule has 0 bridgehead atoms. The normalized spacial score (nSPS) is 16.8. The van der Waals surface area contributed by atoms with Gasteiger partial charge in [0.15, 0.2) is 0 Å². The van der Waals surface area contributed by atoms with Crippen molar-refractivity contribution in [3.05, 3.63) is 0 Å². The second kappa shape index (κ2) is 5.65. The van der Waals surface area contributed by atoms with E-state index in [1.165, 1.54) is 0 Å². The lowest BCUT2D eigenvalue weighted by molar-refractivity contribution is 0.151. The van der Waals surface area contributed by atoms with Crippen molar-refractivity contribution in [2.45, 2.75) is 26.0 Å². The highest BCUT2D eigenvalue weighted by Crippen LogP contribution is 1.83. The van der Waals surface area contributed by atoms with E-state index in [1.807, 2.05) is 6.92 Å². The standard InChI is InChI=1S/C7H17NO2/c1-6(5-10-3)8-4-7(2)9/h6-9H,4-5H2,1-3H3/t6?,7-/m1/s1. The molecule has 0 saturated heterocycles. The smallest absolute Gasteiger partial charge is 0.0636 e. The predicted molar refractivity (Wildman–Crippen MR) is 41.0 cm³/mol. The first-order chi connectivity index (χ1) is 4.66. The van der Waals surface area contributed by atoms with Crippen LogP contribution in [0.3, 0.4) is 0 Å². The van der Waals surface area contributed by atoms with E-state index in [0.717, 1.165) is 0 Å². The zero-order valence-electron chi connectivity index (χ0n) is 6.92. The van der Waals surface area contributed by atoms with E-state index in [1.54, 1.807) is 14.0 Å². The first-order valence-corrected chi connectivity index (χ1v) is 3.57. The Kier molecular flexibility index (Phi) is 5.58. The number of ether oxygens (including phenoxy) is 1. The minimum absolute atomic E-state index is 0.278. The van der Waals surface area contributed by atoms with Crippen molar-refractivity contribution < 1.29 is 9.84 Å². The Morgan fingerprint density at radius 3 is 2.50 bits per heavy atom. The number of hydrogen-bond donors (Lipinski definition) is 2. The van der Waals surface area contributed by atoms with Gasteiger partial charge in [-0.15, -0.1) is 0 Å². The quantitative estimate of drug-likeness (QED) is 0.575. The molecule has 0 rings (SSSR count). The van der Waals surface area contributed by atoms with Gasteiger partial charge in [-0.25, -0.2) is 0 Å². The molecule has 62 valence electrons. The minimum atomic E-state index is -0.278. The second-order valence-electron chi connectivity index (χ2n) is 2.61. The molecule has 0 fully saturated rings. The van der Waals surface area contributed by atoms with Gasteiger partial charge in [-0.1, -0.05) is 0 Å². The number of aliphatic hydroxyl groups is 1. The summed E-state index contributed by atoms with van der Waals surface area (Å²) in [6.07, 6.45) is -0.278. The van der Waals surface area contributed by atoms with Gasteiger partial charge in [-0.3, -0.25) is 0 Å². The Labute approximate surface area is 62.4 Å². The Morgan fingerprint density at radius 1 is 1.50 bits per heavy atom. The van der Waals surface area contributed by atoms with E-state index in [-0.39, 0.29) is 6.10 Å². The molecule has 1 unspecified atom stereocenters. The Bertz CT molecular complexity index is 76.0. The third-order valence-corrected chi connectivity index (χ3v) is 1.18. The second-order valence-corrected chi connectivity index (χ2v) is 2.61. The molecule has 3 heteroatoms. The summed E-state index contributed by atoms with van der Waals surface area (Å²) in [5.74, 6) is 0. The molecule has 0 aromatic carbocycles. The van der Waals surface area contributed by atoms with Crippen molar-refractivity contribution in [3.63, 3.8) is 0 Å². The van der Waals surface area contributed by atoms with Crippen LogP contribution in [0.2, 0.25) is 0 Å². The molecule has 0 spiro atoms. The molecule has 10 heavy (non-hydrogen) atoms. The average molecular weight is 147 g/mol. The molecule has 0 saturated carbocycles. The average Bonchev–Trinajstić information content (AvgIpc) is 1.85. The summed E-state index contributed by atoms with van der Waals surface area (Å²) in [4.78, 5) is 0. The summed E-state index contributed by atoms with van der Waals surface area (Å²) < 4.78 is 4.89. The van der Waals surface area contributed by atoms with Gasteiger partial charge in [-0.05, 0) is 13.8 Å². The highest BCUT2D eigenvalue weighted by molar-refractivity contribution is 4.60. The van der Waals surface area contributed by atoms with Crippen molar-refractivity contribution in [3.8, 4) is 0 Å². The van der Waals surface area contributed by atoms with E-state index >= 15 is 0 Å². The van der Waals surface area contributed by atoms with Gasteiger partial charge >= 0.3 is 0 Å². The SMILES string of the molecule is COCC(C)NC[C@@H](C)O. The molecule has 3 nitrogen and oxygen atoms in total. The lowest BCUT2D eigenvalue weighted by Gasteiger charge is -2.13. The summed E-state index contributed by atoms with van der Waals surface area (Å²) in [5, 5.41) is 12.0. The number of methoxy groups -OCH3 is 1. The lowest BCUT2D eigenvalue weighted by Crippen LogP contribution is -2.35. The number of nitrogens with one attached hydrogen (secondary N) is 1. The van der Waals surface area contributed by atoms with E-state index < -0.39 is 0 Å². The van der Waals surface area contributed by atoms with E-state index in [4.69, 9.17) is 9.84 Å². The van der Waals surface area contributed by atoms with Gasteiger partial charge in [-0.2, -0.15) is 0 Å². The van der Waals surface area contributed by atoms with E-state index in [2.05, 4.69) is 5.32 Å². The van der Waals surface area contributed by atoms with Crippen molar-refractivity contribution in [2.24, 2.45) is 0 Å². The van der Waals surface area contributed by atoms with Gasteiger partial charge in [0.1, 0.15) is 0 Å². The maximum atomic E-state index is 8.87. The van der Waals surface area contributed by atoms with Gasteiger partial charge in [0, 0.05) is 19.7 Å². The third-order valence-electron chi connectivity index (χ3n) is 1.18. The Morgan fingerprint density at radius 2 is 2.10 bits per heavy atom. The summed E-state index contributed by atoms with van der Waals surface area (Å²) in [6.45, 7) is 5.09. The van der Waals surface area contributed by atoms with Crippen molar-refractivity contribution in [1.29, 1.82) is 0 Å². The lowest BCUT2D eigenvalue weighted by atomic mass is 10.3. The molecule has 2 N–H and O–H groups in total. The predicted octanol–water partition coefficient (Wildman–Crippen LogP) is -0.00830. The van der Waals surface area contributed by atoms with Crippen LogP contribution in [0.1, 0.15) is 13.8 Å². The van der Waals surface area contributed by atoms with Gasteiger partial charge in [0.05, 0.1) is 12.7 Å².